The summed E-state index contributed by atoms with van der Waals surface area (Å²) >= 11 is 0. The van der Waals surface area contributed by atoms with Crippen molar-refractivity contribution in [3.8, 4) is 0 Å². The van der Waals surface area contributed by atoms with Crippen LogP contribution in [0.5, 0.6) is 0 Å². The number of aryl methyl sites for hydroxylation is 1. The van der Waals surface area contributed by atoms with Gasteiger partial charge in [0.1, 0.15) is 11.7 Å². The largest absolute Gasteiger partial charge is 0.355 e. The fourth-order valence-corrected chi connectivity index (χ4v) is 3.12. The molecule has 0 saturated heterocycles. The Bertz CT molecular complexity index is 932. The molecular weight excluding hydrogens is 349 g/mol. The zero-order valence-corrected chi connectivity index (χ0v) is 15.3. The van der Waals surface area contributed by atoms with E-state index < -0.39 is 23.5 Å². The van der Waals surface area contributed by atoms with E-state index in [1.165, 1.54) is 23.9 Å². The van der Waals surface area contributed by atoms with Crippen molar-refractivity contribution in [1.29, 1.82) is 0 Å². The Morgan fingerprint density at radius 3 is 2.59 bits per heavy atom. The number of nitrogens with one attached hydrogen (secondary N) is 2. The lowest BCUT2D eigenvalue weighted by Crippen LogP contribution is -2.45. The standard InChI is InChI=1S/C20H22FN3O3/c1-12-4-3-5-13(6-12)10-24-11-14(7-17(20(24)27)19(26)22-2)18(25)23-16-8-15(21)9-16/h3-7,11,15-16H,8-10H2,1-2H3,(H,22,26)(H,23,25). The van der Waals surface area contributed by atoms with Gasteiger partial charge in [-0.25, -0.2) is 4.39 Å². The number of carbonyl (C=O) groups is 2. The summed E-state index contributed by atoms with van der Waals surface area (Å²) in [6, 6.07) is 8.72. The van der Waals surface area contributed by atoms with Gasteiger partial charge in [0.2, 0.25) is 0 Å². The summed E-state index contributed by atoms with van der Waals surface area (Å²) in [6.45, 7) is 2.18. The van der Waals surface area contributed by atoms with Crippen molar-refractivity contribution in [2.45, 2.75) is 38.5 Å². The number of amides is 2. The molecule has 1 aromatic heterocycles. The zero-order chi connectivity index (χ0) is 19.6. The van der Waals surface area contributed by atoms with Gasteiger partial charge in [-0.1, -0.05) is 29.8 Å². The van der Waals surface area contributed by atoms with E-state index in [2.05, 4.69) is 10.6 Å². The van der Waals surface area contributed by atoms with Gasteiger partial charge in [-0.3, -0.25) is 14.4 Å². The molecule has 7 heteroatoms. The number of aromatic nitrogens is 1. The van der Waals surface area contributed by atoms with Gasteiger partial charge < -0.3 is 15.2 Å². The second-order valence-corrected chi connectivity index (χ2v) is 6.88. The van der Waals surface area contributed by atoms with Gasteiger partial charge in [-0.2, -0.15) is 0 Å². The lowest BCUT2D eigenvalue weighted by Gasteiger charge is -2.30. The normalized spacial score (nSPS) is 18.5. The molecule has 1 fully saturated rings. The lowest BCUT2D eigenvalue weighted by molar-refractivity contribution is 0.0859. The molecule has 1 aliphatic carbocycles. The van der Waals surface area contributed by atoms with Crippen LogP contribution in [0.15, 0.2) is 41.3 Å². The number of rotatable bonds is 5. The van der Waals surface area contributed by atoms with Gasteiger partial charge in [0.25, 0.3) is 17.4 Å². The first-order valence-corrected chi connectivity index (χ1v) is 8.84. The molecule has 27 heavy (non-hydrogen) atoms. The maximum absolute atomic E-state index is 13.0. The van der Waals surface area contributed by atoms with E-state index in [4.69, 9.17) is 0 Å². The van der Waals surface area contributed by atoms with E-state index in [1.807, 2.05) is 31.2 Å². The van der Waals surface area contributed by atoms with Crippen LogP contribution < -0.4 is 16.2 Å². The van der Waals surface area contributed by atoms with Gasteiger partial charge in [0.05, 0.1) is 12.1 Å². The van der Waals surface area contributed by atoms with Crippen LogP contribution in [-0.4, -0.2) is 35.6 Å². The third-order valence-electron chi connectivity index (χ3n) is 4.67. The van der Waals surface area contributed by atoms with Crippen molar-refractivity contribution in [1.82, 2.24) is 15.2 Å². The Hall–Kier alpha value is -2.96. The molecule has 0 aliphatic heterocycles. The van der Waals surface area contributed by atoms with E-state index in [1.54, 1.807) is 0 Å². The van der Waals surface area contributed by atoms with E-state index in [0.29, 0.717) is 0 Å². The van der Waals surface area contributed by atoms with Gasteiger partial charge in [0, 0.05) is 19.3 Å². The number of hydrogen-bond acceptors (Lipinski definition) is 3. The smallest absolute Gasteiger partial charge is 0.263 e. The van der Waals surface area contributed by atoms with E-state index in [9.17, 15) is 18.8 Å². The number of halogens is 1. The molecule has 0 atom stereocenters. The highest BCUT2D eigenvalue weighted by atomic mass is 19.1. The zero-order valence-electron chi connectivity index (χ0n) is 15.3. The first kappa shape index (κ1) is 18.8. The van der Waals surface area contributed by atoms with Crippen molar-refractivity contribution in [3.63, 3.8) is 0 Å². The third kappa shape index (κ3) is 4.24. The average Bonchev–Trinajstić information content (AvgIpc) is 2.61. The SMILES string of the molecule is CNC(=O)c1cc(C(=O)NC2CC(F)C2)cn(Cc2cccc(C)c2)c1=O. The third-order valence-corrected chi connectivity index (χ3v) is 4.67. The number of carbonyl (C=O) groups excluding carboxylic acids is 2. The van der Waals surface area contributed by atoms with Crippen LogP contribution in [0.1, 0.15) is 44.7 Å². The molecule has 1 saturated carbocycles. The summed E-state index contributed by atoms with van der Waals surface area (Å²) < 4.78 is 14.3. The topological polar surface area (TPSA) is 80.2 Å². The highest BCUT2D eigenvalue weighted by Crippen LogP contribution is 2.23. The van der Waals surface area contributed by atoms with Crippen LogP contribution in [0.3, 0.4) is 0 Å². The molecule has 2 amide bonds. The van der Waals surface area contributed by atoms with Crippen LogP contribution in [0.2, 0.25) is 0 Å². The summed E-state index contributed by atoms with van der Waals surface area (Å²) in [7, 11) is 1.43. The second kappa shape index (κ2) is 7.73. The number of nitrogens with zero attached hydrogens (tertiary/aromatic N) is 1. The monoisotopic (exact) mass is 371 g/mol. The molecule has 142 valence electrons. The molecule has 2 N–H and O–H groups in total. The van der Waals surface area contributed by atoms with Crippen LogP contribution >= 0.6 is 0 Å². The highest BCUT2D eigenvalue weighted by Gasteiger charge is 2.30. The van der Waals surface area contributed by atoms with Crippen molar-refractivity contribution in [3.05, 3.63) is 69.1 Å². The molecule has 1 heterocycles. The summed E-state index contributed by atoms with van der Waals surface area (Å²) in [5.74, 6) is -0.977. The van der Waals surface area contributed by atoms with Crippen LogP contribution in [0.25, 0.3) is 0 Å². The molecule has 0 unspecified atom stereocenters. The maximum Gasteiger partial charge on any atom is 0.263 e. The van der Waals surface area contributed by atoms with Crippen molar-refractivity contribution < 1.29 is 14.0 Å². The van der Waals surface area contributed by atoms with Crippen molar-refractivity contribution in [2.75, 3.05) is 7.05 Å². The molecular formula is C20H22FN3O3. The second-order valence-electron chi connectivity index (χ2n) is 6.88. The van der Waals surface area contributed by atoms with Gasteiger partial charge in [0.15, 0.2) is 0 Å². The van der Waals surface area contributed by atoms with Gasteiger partial charge in [-0.05, 0) is 31.4 Å². The first-order valence-electron chi connectivity index (χ1n) is 8.84. The number of pyridine rings is 1. The quantitative estimate of drug-likeness (QED) is 0.841. The van der Waals surface area contributed by atoms with Crippen LogP contribution in [0.4, 0.5) is 4.39 Å². The Kier molecular flexibility index (Phi) is 5.39. The van der Waals surface area contributed by atoms with Gasteiger partial charge >= 0.3 is 0 Å². The predicted octanol–water partition coefficient (Wildman–Crippen LogP) is 1.79. The number of hydrogen-bond donors (Lipinski definition) is 2. The Morgan fingerprint density at radius 2 is 1.96 bits per heavy atom. The molecule has 0 bridgehead atoms. The molecule has 2 aromatic rings. The maximum atomic E-state index is 13.0. The molecule has 1 aromatic carbocycles. The Morgan fingerprint density at radius 1 is 1.22 bits per heavy atom. The summed E-state index contributed by atoms with van der Waals surface area (Å²) in [6.07, 6.45) is 1.14. The molecule has 0 spiro atoms. The Balaban J connectivity index is 1.94. The fraction of sp³-hybridized carbons (Fsp3) is 0.350. The molecule has 1 aliphatic rings. The summed E-state index contributed by atoms with van der Waals surface area (Å²) in [4.78, 5) is 37.3. The highest BCUT2D eigenvalue weighted by molar-refractivity contribution is 5.99. The molecule has 6 nitrogen and oxygen atoms in total. The van der Waals surface area contributed by atoms with Crippen LogP contribution in [-0.2, 0) is 6.54 Å². The minimum absolute atomic E-state index is 0.102. The molecule has 3 rings (SSSR count). The summed E-state index contributed by atoms with van der Waals surface area (Å²) in [5, 5.41) is 5.16. The minimum Gasteiger partial charge on any atom is -0.355 e. The fourth-order valence-electron chi connectivity index (χ4n) is 3.12. The van der Waals surface area contributed by atoms with Crippen LogP contribution in [0, 0.1) is 6.92 Å². The van der Waals surface area contributed by atoms with Crippen molar-refractivity contribution in [2.24, 2.45) is 0 Å². The summed E-state index contributed by atoms with van der Waals surface area (Å²) in [5.41, 5.74) is 1.56. The van der Waals surface area contributed by atoms with E-state index >= 15 is 0 Å². The van der Waals surface area contributed by atoms with E-state index in [-0.39, 0.29) is 36.6 Å². The van der Waals surface area contributed by atoms with E-state index in [0.717, 1.165) is 11.1 Å². The minimum atomic E-state index is -0.882. The number of alkyl halides is 1. The average molecular weight is 371 g/mol. The van der Waals surface area contributed by atoms with Crippen molar-refractivity contribution >= 4 is 11.8 Å². The Labute approximate surface area is 156 Å². The predicted molar refractivity (Wildman–Crippen MR) is 99.8 cm³/mol. The molecule has 0 radical (unpaired) electrons. The first-order chi connectivity index (χ1) is 12.9. The van der Waals surface area contributed by atoms with Gasteiger partial charge in [-0.15, -0.1) is 0 Å². The lowest BCUT2D eigenvalue weighted by atomic mass is 9.90. The number of benzene rings is 1.